The minimum absolute atomic E-state index is 0.00831. The van der Waals surface area contributed by atoms with Crippen molar-refractivity contribution in [3.05, 3.63) is 29.8 Å². The highest BCUT2D eigenvalue weighted by Gasteiger charge is 2.09. The molecule has 88 valence electrons. The van der Waals surface area contributed by atoms with Gasteiger partial charge in [-0.05, 0) is 18.2 Å². The predicted molar refractivity (Wildman–Crippen MR) is 58.4 cm³/mol. The SMILES string of the molecule is CCS(=O)(=O)COc1cccc(C(=O)O)c1. The first-order valence-corrected chi connectivity index (χ1v) is 6.43. The molecular weight excluding hydrogens is 232 g/mol. The van der Waals surface area contributed by atoms with Crippen LogP contribution in [0.15, 0.2) is 24.3 Å². The fourth-order valence-electron chi connectivity index (χ4n) is 0.960. The monoisotopic (exact) mass is 244 g/mol. The van der Waals surface area contributed by atoms with Gasteiger partial charge in [0.15, 0.2) is 15.8 Å². The van der Waals surface area contributed by atoms with Crippen molar-refractivity contribution in [2.24, 2.45) is 0 Å². The molecule has 0 saturated carbocycles. The second kappa shape index (κ2) is 4.98. The molecule has 0 aliphatic rings. The van der Waals surface area contributed by atoms with E-state index in [1.807, 2.05) is 0 Å². The number of carboxylic acid groups (broad SMARTS) is 1. The molecule has 16 heavy (non-hydrogen) atoms. The summed E-state index contributed by atoms with van der Waals surface area (Å²) >= 11 is 0. The van der Waals surface area contributed by atoms with E-state index in [4.69, 9.17) is 9.84 Å². The van der Waals surface area contributed by atoms with E-state index in [0.29, 0.717) is 0 Å². The van der Waals surface area contributed by atoms with Crippen molar-refractivity contribution in [3.63, 3.8) is 0 Å². The van der Waals surface area contributed by atoms with E-state index in [9.17, 15) is 13.2 Å². The molecule has 5 nitrogen and oxygen atoms in total. The lowest BCUT2D eigenvalue weighted by molar-refractivity contribution is 0.0696. The van der Waals surface area contributed by atoms with Crippen LogP contribution in [-0.4, -0.2) is 31.2 Å². The van der Waals surface area contributed by atoms with Crippen molar-refractivity contribution in [3.8, 4) is 5.75 Å². The van der Waals surface area contributed by atoms with Crippen LogP contribution in [0.3, 0.4) is 0 Å². The van der Waals surface area contributed by atoms with Gasteiger partial charge in [0.05, 0.1) is 11.3 Å². The van der Waals surface area contributed by atoms with Crippen molar-refractivity contribution in [1.29, 1.82) is 0 Å². The lowest BCUT2D eigenvalue weighted by atomic mass is 10.2. The lowest BCUT2D eigenvalue weighted by Gasteiger charge is -2.06. The van der Waals surface area contributed by atoms with Gasteiger partial charge in [0, 0.05) is 0 Å². The summed E-state index contributed by atoms with van der Waals surface area (Å²) in [5.41, 5.74) is 0.0615. The summed E-state index contributed by atoms with van der Waals surface area (Å²) in [4.78, 5) is 10.6. The van der Waals surface area contributed by atoms with Crippen molar-refractivity contribution < 1.29 is 23.1 Å². The van der Waals surface area contributed by atoms with Gasteiger partial charge in [-0.2, -0.15) is 0 Å². The van der Waals surface area contributed by atoms with Crippen LogP contribution >= 0.6 is 0 Å². The summed E-state index contributed by atoms with van der Waals surface area (Å²) in [6, 6.07) is 5.70. The summed E-state index contributed by atoms with van der Waals surface area (Å²) in [5, 5.41) is 8.71. The third-order valence-electron chi connectivity index (χ3n) is 1.93. The van der Waals surface area contributed by atoms with Gasteiger partial charge in [-0.25, -0.2) is 13.2 Å². The van der Waals surface area contributed by atoms with Gasteiger partial charge in [-0.15, -0.1) is 0 Å². The van der Waals surface area contributed by atoms with Crippen molar-refractivity contribution in [2.45, 2.75) is 6.92 Å². The molecule has 0 amide bonds. The van der Waals surface area contributed by atoms with Crippen LogP contribution in [0, 0.1) is 0 Å². The molecule has 0 unspecified atom stereocenters. The third kappa shape index (κ3) is 3.54. The number of carbonyl (C=O) groups is 1. The quantitative estimate of drug-likeness (QED) is 0.840. The minimum atomic E-state index is -3.22. The van der Waals surface area contributed by atoms with Gasteiger partial charge in [0.25, 0.3) is 0 Å². The van der Waals surface area contributed by atoms with Crippen LogP contribution < -0.4 is 4.74 Å². The van der Waals surface area contributed by atoms with Gasteiger partial charge >= 0.3 is 5.97 Å². The van der Waals surface area contributed by atoms with Crippen molar-refractivity contribution in [2.75, 3.05) is 11.7 Å². The predicted octanol–water partition coefficient (Wildman–Crippen LogP) is 1.16. The highest BCUT2D eigenvalue weighted by Crippen LogP contribution is 2.13. The van der Waals surface area contributed by atoms with Crippen molar-refractivity contribution in [1.82, 2.24) is 0 Å². The zero-order chi connectivity index (χ0) is 12.2. The molecule has 1 N–H and O–H groups in total. The molecule has 0 fully saturated rings. The minimum Gasteiger partial charge on any atom is -0.478 e. The molecule has 0 aromatic heterocycles. The summed E-state index contributed by atoms with van der Waals surface area (Å²) in [6.07, 6.45) is 0. The topological polar surface area (TPSA) is 80.7 Å². The van der Waals surface area contributed by atoms with Gasteiger partial charge < -0.3 is 9.84 Å². The Hall–Kier alpha value is -1.56. The Morgan fingerprint density at radius 3 is 2.69 bits per heavy atom. The van der Waals surface area contributed by atoms with E-state index < -0.39 is 21.7 Å². The first-order chi connectivity index (χ1) is 7.44. The van der Waals surface area contributed by atoms with Crippen LogP contribution in [0.25, 0.3) is 0 Å². The highest BCUT2D eigenvalue weighted by molar-refractivity contribution is 7.91. The molecule has 0 aliphatic heterocycles. The Bertz CT molecular complexity index is 478. The molecule has 0 atom stereocenters. The number of hydrogen-bond acceptors (Lipinski definition) is 4. The van der Waals surface area contributed by atoms with Crippen LogP contribution in [0.4, 0.5) is 0 Å². The van der Waals surface area contributed by atoms with Crippen LogP contribution in [0.1, 0.15) is 17.3 Å². The number of aromatic carboxylic acids is 1. The number of carboxylic acids is 1. The second-order valence-corrected chi connectivity index (χ2v) is 5.43. The maximum atomic E-state index is 11.2. The molecule has 0 bridgehead atoms. The molecule has 0 heterocycles. The summed E-state index contributed by atoms with van der Waals surface area (Å²) in [6.45, 7) is 1.52. The van der Waals surface area contributed by atoms with Gasteiger partial charge in [0.1, 0.15) is 5.75 Å². The molecule has 1 aromatic carbocycles. The van der Waals surface area contributed by atoms with E-state index >= 15 is 0 Å². The maximum absolute atomic E-state index is 11.2. The van der Waals surface area contributed by atoms with Gasteiger partial charge in [-0.3, -0.25) is 0 Å². The van der Waals surface area contributed by atoms with Gasteiger partial charge in [-0.1, -0.05) is 13.0 Å². The molecule has 0 spiro atoms. The van der Waals surface area contributed by atoms with E-state index in [2.05, 4.69) is 0 Å². The van der Waals surface area contributed by atoms with Crippen LogP contribution in [0.2, 0.25) is 0 Å². The Balaban J connectivity index is 2.75. The number of sulfone groups is 1. The first kappa shape index (κ1) is 12.5. The Labute approximate surface area is 93.6 Å². The smallest absolute Gasteiger partial charge is 0.335 e. The van der Waals surface area contributed by atoms with E-state index in [1.54, 1.807) is 0 Å². The number of benzene rings is 1. The highest BCUT2D eigenvalue weighted by atomic mass is 32.2. The summed E-state index contributed by atoms with van der Waals surface area (Å²) in [5.74, 6) is -1.29. The molecule has 0 radical (unpaired) electrons. The largest absolute Gasteiger partial charge is 0.478 e. The van der Waals surface area contributed by atoms with Gasteiger partial charge in [0.2, 0.25) is 0 Å². The third-order valence-corrected chi connectivity index (χ3v) is 3.28. The van der Waals surface area contributed by atoms with Crippen molar-refractivity contribution >= 4 is 15.8 Å². The Kier molecular flexibility index (Phi) is 3.89. The Morgan fingerprint density at radius 2 is 2.12 bits per heavy atom. The maximum Gasteiger partial charge on any atom is 0.335 e. The summed E-state index contributed by atoms with van der Waals surface area (Å²) < 4.78 is 27.3. The number of ether oxygens (including phenoxy) is 1. The molecule has 1 rings (SSSR count). The normalized spacial score (nSPS) is 11.1. The molecule has 6 heteroatoms. The summed E-state index contributed by atoms with van der Waals surface area (Å²) in [7, 11) is -3.22. The van der Waals surface area contributed by atoms with E-state index in [-0.39, 0.29) is 17.1 Å². The fourth-order valence-corrected chi connectivity index (χ4v) is 1.44. The molecule has 1 aromatic rings. The first-order valence-electron chi connectivity index (χ1n) is 4.61. The average molecular weight is 244 g/mol. The molecule has 0 saturated heterocycles. The fraction of sp³-hybridized carbons (Fsp3) is 0.300. The molecule has 0 aliphatic carbocycles. The lowest BCUT2D eigenvalue weighted by Crippen LogP contribution is -2.14. The second-order valence-electron chi connectivity index (χ2n) is 3.13. The van der Waals surface area contributed by atoms with Crippen LogP contribution in [0.5, 0.6) is 5.75 Å². The molecular formula is C10H12O5S. The zero-order valence-electron chi connectivity index (χ0n) is 8.71. The Morgan fingerprint density at radius 1 is 1.44 bits per heavy atom. The number of hydrogen-bond donors (Lipinski definition) is 1. The van der Waals surface area contributed by atoms with E-state index in [0.717, 1.165) is 0 Å². The standard InChI is InChI=1S/C10H12O5S/c1-2-16(13,14)7-15-9-5-3-4-8(6-9)10(11)12/h3-6H,2,7H2,1H3,(H,11,12). The van der Waals surface area contributed by atoms with E-state index in [1.165, 1.54) is 31.2 Å². The number of rotatable bonds is 5. The zero-order valence-corrected chi connectivity index (χ0v) is 9.53. The average Bonchev–Trinajstić information content (AvgIpc) is 2.27. The van der Waals surface area contributed by atoms with Crippen LogP contribution in [-0.2, 0) is 9.84 Å².